The Morgan fingerprint density at radius 2 is 1.87 bits per heavy atom. The molecule has 0 fully saturated rings. The summed E-state index contributed by atoms with van der Waals surface area (Å²) in [5, 5.41) is 8.65. The molecule has 0 bridgehead atoms. The van der Waals surface area contributed by atoms with Crippen LogP contribution in [0.5, 0.6) is 0 Å². The fraction of sp³-hybridized carbons (Fsp3) is 0.273. The number of hydrogen-bond acceptors (Lipinski definition) is 4. The minimum absolute atomic E-state index is 0.00794. The lowest BCUT2D eigenvalue weighted by molar-refractivity contribution is 0.0596. The molecule has 0 aromatic heterocycles. The van der Waals surface area contributed by atoms with Gasteiger partial charge < -0.3 is 9.84 Å². The van der Waals surface area contributed by atoms with Crippen molar-refractivity contribution in [3.05, 3.63) is 35.4 Å². The maximum atomic E-state index is 11.5. The number of Topliss-reactive ketones (excluding diaryl/α,β-unsaturated/α-hetero) is 1. The second kappa shape index (κ2) is 5.26. The molecule has 80 valence electrons. The number of aliphatic hydroxyl groups is 1. The Labute approximate surface area is 87.5 Å². The first-order chi connectivity index (χ1) is 7.20. The van der Waals surface area contributed by atoms with Crippen molar-refractivity contribution in [2.75, 3.05) is 13.7 Å². The van der Waals surface area contributed by atoms with Gasteiger partial charge in [0, 0.05) is 12.0 Å². The summed E-state index contributed by atoms with van der Waals surface area (Å²) in [6, 6.07) is 6.39. The van der Waals surface area contributed by atoms with E-state index in [0.29, 0.717) is 5.56 Å². The molecule has 15 heavy (non-hydrogen) atoms. The van der Waals surface area contributed by atoms with Gasteiger partial charge in [-0.3, -0.25) is 4.79 Å². The standard InChI is InChI=1S/C11H12O4/c1-15-11(14)9-5-3-2-4-8(9)10(13)6-7-12/h2-5,12H,6-7H2,1H3. The van der Waals surface area contributed by atoms with Crippen molar-refractivity contribution >= 4 is 11.8 Å². The Bertz CT molecular complexity index is 371. The third kappa shape index (κ3) is 2.63. The lowest BCUT2D eigenvalue weighted by atomic mass is 10.0. The molecular weight excluding hydrogens is 196 g/mol. The van der Waals surface area contributed by atoms with Crippen LogP contribution in [-0.2, 0) is 4.74 Å². The summed E-state index contributed by atoms with van der Waals surface area (Å²) in [6.07, 6.45) is 0.00794. The highest BCUT2D eigenvalue weighted by Crippen LogP contribution is 2.12. The maximum Gasteiger partial charge on any atom is 0.338 e. The number of ether oxygens (including phenoxy) is 1. The minimum Gasteiger partial charge on any atom is -0.465 e. The molecule has 4 nitrogen and oxygen atoms in total. The van der Waals surface area contributed by atoms with Crippen molar-refractivity contribution in [3.8, 4) is 0 Å². The second-order valence-electron chi connectivity index (χ2n) is 2.93. The van der Waals surface area contributed by atoms with E-state index in [-0.39, 0.29) is 24.4 Å². The van der Waals surface area contributed by atoms with Gasteiger partial charge in [0.15, 0.2) is 5.78 Å². The van der Waals surface area contributed by atoms with Crippen molar-refractivity contribution in [2.24, 2.45) is 0 Å². The molecule has 0 unspecified atom stereocenters. The van der Waals surface area contributed by atoms with E-state index >= 15 is 0 Å². The molecule has 0 aliphatic rings. The molecule has 4 heteroatoms. The monoisotopic (exact) mass is 208 g/mol. The molecule has 1 aromatic rings. The summed E-state index contributed by atoms with van der Waals surface area (Å²) >= 11 is 0. The highest BCUT2D eigenvalue weighted by molar-refractivity contribution is 6.06. The van der Waals surface area contributed by atoms with E-state index < -0.39 is 5.97 Å². The van der Waals surface area contributed by atoms with Gasteiger partial charge in [0.05, 0.1) is 19.3 Å². The number of aliphatic hydroxyl groups excluding tert-OH is 1. The summed E-state index contributed by atoms with van der Waals surface area (Å²) in [7, 11) is 1.26. The molecule has 0 heterocycles. The van der Waals surface area contributed by atoms with Gasteiger partial charge in [-0.05, 0) is 6.07 Å². The number of carbonyl (C=O) groups is 2. The van der Waals surface area contributed by atoms with Crippen LogP contribution in [0, 0.1) is 0 Å². The van der Waals surface area contributed by atoms with Crippen LogP contribution in [0.2, 0.25) is 0 Å². The number of hydrogen-bond donors (Lipinski definition) is 1. The number of ketones is 1. The van der Waals surface area contributed by atoms with Gasteiger partial charge in [-0.1, -0.05) is 18.2 Å². The summed E-state index contributed by atoms with van der Waals surface area (Å²) in [5.74, 6) is -0.810. The van der Waals surface area contributed by atoms with Gasteiger partial charge in [-0.15, -0.1) is 0 Å². The lowest BCUT2D eigenvalue weighted by Crippen LogP contribution is -2.11. The average molecular weight is 208 g/mol. The summed E-state index contributed by atoms with van der Waals surface area (Å²) in [6.45, 7) is -0.228. The van der Waals surface area contributed by atoms with Crippen LogP contribution in [0.1, 0.15) is 27.1 Å². The number of benzene rings is 1. The minimum atomic E-state index is -0.545. The molecule has 1 N–H and O–H groups in total. The largest absolute Gasteiger partial charge is 0.465 e. The Hall–Kier alpha value is -1.68. The number of rotatable bonds is 4. The SMILES string of the molecule is COC(=O)c1ccccc1C(=O)CCO. The third-order valence-electron chi connectivity index (χ3n) is 1.97. The van der Waals surface area contributed by atoms with E-state index in [1.165, 1.54) is 13.2 Å². The second-order valence-corrected chi connectivity index (χ2v) is 2.93. The van der Waals surface area contributed by atoms with Crippen molar-refractivity contribution in [3.63, 3.8) is 0 Å². The van der Waals surface area contributed by atoms with Gasteiger partial charge in [0.25, 0.3) is 0 Å². The van der Waals surface area contributed by atoms with Crippen molar-refractivity contribution in [2.45, 2.75) is 6.42 Å². The lowest BCUT2D eigenvalue weighted by Gasteiger charge is -2.05. The van der Waals surface area contributed by atoms with E-state index in [1.807, 2.05) is 0 Å². The van der Waals surface area contributed by atoms with Crippen LogP contribution < -0.4 is 0 Å². The Morgan fingerprint density at radius 1 is 1.27 bits per heavy atom. The topological polar surface area (TPSA) is 63.6 Å². The zero-order chi connectivity index (χ0) is 11.3. The zero-order valence-electron chi connectivity index (χ0n) is 8.40. The molecule has 0 radical (unpaired) electrons. The van der Waals surface area contributed by atoms with Gasteiger partial charge >= 0.3 is 5.97 Å². The molecule has 0 spiro atoms. The molecule has 0 saturated heterocycles. The number of carbonyl (C=O) groups excluding carboxylic acids is 2. The molecule has 0 aliphatic heterocycles. The van der Waals surface area contributed by atoms with Crippen molar-refractivity contribution in [1.29, 1.82) is 0 Å². The van der Waals surface area contributed by atoms with E-state index in [1.54, 1.807) is 18.2 Å². The molecule has 1 aromatic carbocycles. The number of esters is 1. The first-order valence-corrected chi connectivity index (χ1v) is 4.52. The van der Waals surface area contributed by atoms with Crippen LogP contribution in [0.3, 0.4) is 0 Å². The Balaban J connectivity index is 3.06. The average Bonchev–Trinajstić information content (AvgIpc) is 2.28. The van der Waals surface area contributed by atoms with Crippen molar-refractivity contribution < 1.29 is 19.4 Å². The quantitative estimate of drug-likeness (QED) is 0.593. The molecule has 1 rings (SSSR count). The van der Waals surface area contributed by atoms with Crippen LogP contribution >= 0.6 is 0 Å². The number of methoxy groups -OCH3 is 1. The molecule has 0 saturated carbocycles. The van der Waals surface area contributed by atoms with Crippen LogP contribution in [0.4, 0.5) is 0 Å². The predicted octanol–water partition coefficient (Wildman–Crippen LogP) is 1.04. The zero-order valence-corrected chi connectivity index (χ0v) is 8.40. The molecule has 0 atom stereocenters. The first kappa shape index (κ1) is 11.4. The smallest absolute Gasteiger partial charge is 0.338 e. The third-order valence-corrected chi connectivity index (χ3v) is 1.97. The predicted molar refractivity (Wildman–Crippen MR) is 53.8 cm³/mol. The fourth-order valence-corrected chi connectivity index (χ4v) is 1.25. The first-order valence-electron chi connectivity index (χ1n) is 4.52. The van der Waals surface area contributed by atoms with Gasteiger partial charge in [0.2, 0.25) is 0 Å². The van der Waals surface area contributed by atoms with E-state index in [2.05, 4.69) is 4.74 Å². The summed E-state index contributed by atoms with van der Waals surface area (Å²) in [4.78, 5) is 22.8. The van der Waals surface area contributed by atoms with E-state index in [9.17, 15) is 9.59 Å². The van der Waals surface area contributed by atoms with E-state index in [4.69, 9.17) is 5.11 Å². The Kier molecular flexibility index (Phi) is 4.00. The Morgan fingerprint density at radius 3 is 2.40 bits per heavy atom. The summed E-state index contributed by atoms with van der Waals surface area (Å²) < 4.78 is 4.55. The molecule has 0 aliphatic carbocycles. The van der Waals surface area contributed by atoms with Crippen LogP contribution in [-0.4, -0.2) is 30.6 Å². The van der Waals surface area contributed by atoms with Crippen molar-refractivity contribution in [1.82, 2.24) is 0 Å². The molecular formula is C11H12O4. The highest BCUT2D eigenvalue weighted by atomic mass is 16.5. The van der Waals surface area contributed by atoms with Crippen LogP contribution in [0.15, 0.2) is 24.3 Å². The van der Waals surface area contributed by atoms with E-state index in [0.717, 1.165) is 0 Å². The van der Waals surface area contributed by atoms with Gasteiger partial charge in [-0.2, -0.15) is 0 Å². The van der Waals surface area contributed by atoms with Gasteiger partial charge in [0.1, 0.15) is 0 Å². The molecule has 0 amide bonds. The maximum absolute atomic E-state index is 11.5. The summed E-state index contributed by atoms with van der Waals surface area (Å²) in [5.41, 5.74) is 0.525. The van der Waals surface area contributed by atoms with Crippen LogP contribution in [0.25, 0.3) is 0 Å². The fourth-order valence-electron chi connectivity index (χ4n) is 1.25. The highest BCUT2D eigenvalue weighted by Gasteiger charge is 2.15. The van der Waals surface area contributed by atoms with Gasteiger partial charge in [-0.25, -0.2) is 4.79 Å². The normalized spacial score (nSPS) is 9.73.